The van der Waals surface area contributed by atoms with Crippen LogP contribution in [0.5, 0.6) is 0 Å². The van der Waals surface area contributed by atoms with E-state index in [1.54, 1.807) is 0 Å². The fourth-order valence-corrected chi connectivity index (χ4v) is 2.52. The lowest BCUT2D eigenvalue weighted by molar-refractivity contribution is 0.169. The summed E-state index contributed by atoms with van der Waals surface area (Å²) < 4.78 is 0.715. The zero-order valence-corrected chi connectivity index (χ0v) is 9.10. The minimum Gasteiger partial charge on any atom is -0.315 e. The van der Waals surface area contributed by atoms with E-state index >= 15 is 0 Å². The molecule has 2 heterocycles. The topological polar surface area (TPSA) is 15.3 Å². The highest BCUT2D eigenvalue weighted by Gasteiger charge is 2.43. The summed E-state index contributed by atoms with van der Waals surface area (Å²) in [6.07, 6.45) is 1.41. The van der Waals surface area contributed by atoms with Crippen LogP contribution in [0.4, 0.5) is 0 Å². The van der Waals surface area contributed by atoms with Gasteiger partial charge in [-0.2, -0.15) is 0 Å². The van der Waals surface area contributed by atoms with Gasteiger partial charge in [-0.15, -0.1) is 0 Å². The Morgan fingerprint density at radius 3 is 2.55 bits per heavy atom. The lowest BCUT2D eigenvalue weighted by Gasteiger charge is -2.39. The molecule has 2 aliphatic heterocycles. The number of halogens is 1. The number of alkyl halides is 1. The Morgan fingerprint density at radius 1 is 1.55 bits per heavy atom. The predicted octanol–water partition coefficient (Wildman–Crippen LogP) is 1.06. The Balaban J connectivity index is 1.93. The highest BCUT2D eigenvalue weighted by Crippen LogP contribution is 2.35. The van der Waals surface area contributed by atoms with Gasteiger partial charge in [-0.05, 0) is 19.9 Å². The van der Waals surface area contributed by atoms with Crippen LogP contribution in [0, 0.1) is 5.41 Å². The van der Waals surface area contributed by atoms with E-state index in [-0.39, 0.29) is 0 Å². The van der Waals surface area contributed by atoms with Crippen molar-refractivity contribution >= 4 is 22.6 Å². The van der Waals surface area contributed by atoms with Crippen molar-refractivity contribution < 1.29 is 0 Å². The van der Waals surface area contributed by atoms with E-state index in [9.17, 15) is 0 Å². The highest BCUT2D eigenvalue weighted by atomic mass is 127. The fraction of sp³-hybridized carbons (Fsp3) is 1.00. The number of nitrogens with one attached hydrogen (secondary N) is 1. The molecule has 0 aromatic heterocycles. The maximum absolute atomic E-state index is 3.37. The van der Waals surface area contributed by atoms with Gasteiger partial charge in [-0.25, -0.2) is 0 Å². The molecule has 1 unspecified atom stereocenters. The Kier molecular flexibility index (Phi) is 2.14. The second kappa shape index (κ2) is 2.85. The molecule has 64 valence electrons. The van der Waals surface area contributed by atoms with Crippen molar-refractivity contribution in [3.8, 4) is 0 Å². The molecule has 0 saturated carbocycles. The molecule has 0 aliphatic carbocycles. The van der Waals surface area contributed by atoms with Crippen LogP contribution >= 0.6 is 22.6 Å². The van der Waals surface area contributed by atoms with Crippen molar-refractivity contribution in [3.05, 3.63) is 0 Å². The van der Waals surface area contributed by atoms with Gasteiger partial charge in [0.05, 0.1) is 4.05 Å². The molecule has 0 aromatic rings. The highest BCUT2D eigenvalue weighted by molar-refractivity contribution is 14.1. The number of nitrogens with zero attached hydrogens (tertiary/aromatic N) is 1. The van der Waals surface area contributed by atoms with Gasteiger partial charge in [0.15, 0.2) is 0 Å². The van der Waals surface area contributed by atoms with Gasteiger partial charge in [0.25, 0.3) is 0 Å². The normalized spacial score (nSPS) is 32.2. The molecule has 2 saturated heterocycles. The maximum atomic E-state index is 3.37. The van der Waals surface area contributed by atoms with Gasteiger partial charge < -0.3 is 5.32 Å². The standard InChI is InChI=1S/C8H15IN2/c1-7(9)11-3-2-8(6-11)4-10-5-8/h7,10H,2-6H2,1H3. The quantitative estimate of drug-likeness (QED) is 0.434. The van der Waals surface area contributed by atoms with E-state index in [2.05, 4.69) is 39.7 Å². The summed E-state index contributed by atoms with van der Waals surface area (Å²) in [5, 5.41) is 3.37. The SMILES string of the molecule is CC(I)N1CCC2(CNC2)C1. The third-order valence-corrected chi connectivity index (χ3v) is 3.76. The summed E-state index contributed by atoms with van der Waals surface area (Å²) in [4.78, 5) is 2.58. The molecule has 11 heavy (non-hydrogen) atoms. The number of likely N-dealkylation sites (tertiary alicyclic amines) is 1. The first-order valence-electron chi connectivity index (χ1n) is 4.31. The summed E-state index contributed by atoms with van der Waals surface area (Å²) in [7, 11) is 0. The first-order chi connectivity index (χ1) is 5.22. The van der Waals surface area contributed by atoms with Crippen LogP contribution in [-0.2, 0) is 0 Å². The van der Waals surface area contributed by atoms with Crippen molar-refractivity contribution in [1.29, 1.82) is 0 Å². The summed E-state index contributed by atoms with van der Waals surface area (Å²) in [6, 6.07) is 0. The van der Waals surface area contributed by atoms with E-state index in [1.807, 2.05) is 0 Å². The van der Waals surface area contributed by atoms with Gasteiger partial charge in [0.2, 0.25) is 0 Å². The molecule has 2 aliphatic rings. The van der Waals surface area contributed by atoms with Crippen molar-refractivity contribution in [2.24, 2.45) is 5.41 Å². The monoisotopic (exact) mass is 266 g/mol. The number of hydrogen-bond acceptors (Lipinski definition) is 2. The summed E-state index contributed by atoms with van der Waals surface area (Å²) >= 11 is 2.51. The van der Waals surface area contributed by atoms with E-state index in [0.29, 0.717) is 9.46 Å². The predicted molar refractivity (Wildman–Crippen MR) is 55.0 cm³/mol. The van der Waals surface area contributed by atoms with E-state index in [0.717, 1.165) is 0 Å². The smallest absolute Gasteiger partial charge is 0.0590 e. The molecule has 1 N–H and O–H groups in total. The zero-order valence-electron chi connectivity index (χ0n) is 6.94. The number of hydrogen-bond donors (Lipinski definition) is 1. The van der Waals surface area contributed by atoms with Crippen LogP contribution in [0.25, 0.3) is 0 Å². The van der Waals surface area contributed by atoms with E-state index in [4.69, 9.17) is 0 Å². The first-order valence-corrected chi connectivity index (χ1v) is 5.55. The van der Waals surface area contributed by atoms with Crippen LogP contribution in [-0.4, -0.2) is 35.1 Å². The molecular formula is C8H15IN2. The van der Waals surface area contributed by atoms with Gasteiger partial charge in [-0.3, -0.25) is 4.90 Å². The first kappa shape index (κ1) is 8.26. The third kappa shape index (κ3) is 1.42. The molecule has 1 atom stereocenters. The van der Waals surface area contributed by atoms with Crippen LogP contribution in [0.2, 0.25) is 0 Å². The minimum atomic E-state index is 0.680. The van der Waals surface area contributed by atoms with Crippen molar-refractivity contribution in [1.82, 2.24) is 10.2 Å². The molecule has 1 spiro atoms. The van der Waals surface area contributed by atoms with E-state index in [1.165, 1.54) is 32.6 Å². The van der Waals surface area contributed by atoms with Gasteiger partial charge in [0.1, 0.15) is 0 Å². The van der Waals surface area contributed by atoms with Crippen LogP contribution in [0.3, 0.4) is 0 Å². The van der Waals surface area contributed by atoms with Gasteiger partial charge >= 0.3 is 0 Å². The van der Waals surface area contributed by atoms with Gasteiger partial charge in [0, 0.05) is 25.0 Å². The van der Waals surface area contributed by atoms with E-state index < -0.39 is 0 Å². The van der Waals surface area contributed by atoms with Crippen molar-refractivity contribution in [2.45, 2.75) is 17.4 Å². The number of rotatable bonds is 1. The fourth-order valence-electron chi connectivity index (χ4n) is 2.04. The molecule has 0 radical (unpaired) electrons. The lowest BCUT2D eigenvalue weighted by atomic mass is 9.81. The average Bonchev–Trinajstić information content (AvgIpc) is 2.28. The molecule has 0 bridgehead atoms. The Bertz CT molecular complexity index is 154. The molecule has 2 fully saturated rings. The molecule has 2 rings (SSSR count). The third-order valence-electron chi connectivity index (χ3n) is 2.97. The second-order valence-corrected chi connectivity index (χ2v) is 5.70. The average molecular weight is 266 g/mol. The van der Waals surface area contributed by atoms with Crippen LogP contribution in [0.1, 0.15) is 13.3 Å². The largest absolute Gasteiger partial charge is 0.315 e. The molecule has 0 aromatic carbocycles. The van der Waals surface area contributed by atoms with Crippen LogP contribution < -0.4 is 5.32 Å². The van der Waals surface area contributed by atoms with Crippen molar-refractivity contribution in [3.63, 3.8) is 0 Å². The summed E-state index contributed by atoms with van der Waals surface area (Å²) in [5.74, 6) is 0. The summed E-state index contributed by atoms with van der Waals surface area (Å²) in [6.45, 7) is 7.43. The minimum absolute atomic E-state index is 0.680. The molecular weight excluding hydrogens is 251 g/mol. The maximum Gasteiger partial charge on any atom is 0.0590 e. The molecule has 3 heteroatoms. The Hall–Kier alpha value is 0.650. The van der Waals surface area contributed by atoms with Gasteiger partial charge in [-0.1, -0.05) is 22.6 Å². The molecule has 0 amide bonds. The van der Waals surface area contributed by atoms with Crippen LogP contribution in [0.15, 0.2) is 0 Å². The second-order valence-electron chi connectivity index (χ2n) is 3.90. The Labute approximate surface area is 81.9 Å². The van der Waals surface area contributed by atoms with Crippen molar-refractivity contribution in [2.75, 3.05) is 26.2 Å². The Morgan fingerprint density at radius 2 is 2.27 bits per heavy atom. The lowest BCUT2D eigenvalue weighted by Crippen LogP contribution is -2.54. The zero-order chi connectivity index (χ0) is 7.90. The molecule has 2 nitrogen and oxygen atoms in total. The summed E-state index contributed by atoms with van der Waals surface area (Å²) in [5.41, 5.74) is 0.680.